The number of nitro groups is 1. The summed E-state index contributed by atoms with van der Waals surface area (Å²) in [4.78, 5) is 16.7. The summed E-state index contributed by atoms with van der Waals surface area (Å²) < 4.78 is 0. The van der Waals surface area contributed by atoms with Crippen molar-refractivity contribution in [2.45, 2.75) is 6.42 Å². The fraction of sp³-hybridized carbons (Fsp3) is 0.200. The van der Waals surface area contributed by atoms with E-state index in [0.717, 1.165) is 18.7 Å². The number of rotatable bonds is 3. The molecule has 3 rings (SSSR count). The molecular weight excluding hydrogens is 282 g/mol. The smallest absolute Gasteiger partial charge is 0.329 e. The highest BCUT2D eigenvalue weighted by Gasteiger charge is 2.22. The average molecular weight is 295 g/mol. The third-order valence-electron chi connectivity index (χ3n) is 3.70. The number of nitrogens with one attached hydrogen (secondary N) is 1. The zero-order chi connectivity index (χ0) is 15.7. The molecular formula is C15H13N5O2. The molecule has 0 fully saturated rings. The molecule has 0 atom stereocenters. The molecule has 7 heteroatoms. The van der Waals surface area contributed by atoms with Crippen molar-refractivity contribution < 1.29 is 4.92 Å². The van der Waals surface area contributed by atoms with Crippen molar-refractivity contribution in [1.82, 2.24) is 4.98 Å². The van der Waals surface area contributed by atoms with E-state index in [1.807, 2.05) is 31.3 Å². The van der Waals surface area contributed by atoms with E-state index in [-0.39, 0.29) is 17.1 Å². The Bertz CT molecular complexity index is 797. The normalized spacial score (nSPS) is 12.6. The van der Waals surface area contributed by atoms with E-state index < -0.39 is 4.92 Å². The van der Waals surface area contributed by atoms with Gasteiger partial charge < -0.3 is 10.2 Å². The minimum absolute atomic E-state index is 0.0132. The van der Waals surface area contributed by atoms with Crippen molar-refractivity contribution in [3.63, 3.8) is 0 Å². The van der Waals surface area contributed by atoms with Crippen LogP contribution in [0.25, 0.3) is 0 Å². The number of hydrogen-bond donors (Lipinski definition) is 1. The lowest BCUT2D eigenvalue weighted by molar-refractivity contribution is -0.384. The number of pyridine rings is 1. The molecule has 0 aliphatic carbocycles. The maximum atomic E-state index is 11.2. The van der Waals surface area contributed by atoms with Crippen molar-refractivity contribution in [2.75, 3.05) is 23.8 Å². The van der Waals surface area contributed by atoms with Gasteiger partial charge in [-0.25, -0.2) is 4.98 Å². The van der Waals surface area contributed by atoms with Crippen LogP contribution in [-0.4, -0.2) is 23.5 Å². The SMILES string of the molecule is CN1CCc2ccc(Nc3nccc(C#N)c3[N+](=O)[O-])cc21. The second kappa shape index (κ2) is 5.33. The molecule has 110 valence electrons. The number of fused-ring (bicyclic) bond motifs is 1. The van der Waals surface area contributed by atoms with E-state index in [4.69, 9.17) is 5.26 Å². The molecule has 1 aromatic carbocycles. The van der Waals surface area contributed by atoms with Gasteiger partial charge in [0.15, 0.2) is 0 Å². The maximum Gasteiger partial charge on any atom is 0.329 e. The van der Waals surface area contributed by atoms with Crippen molar-refractivity contribution in [1.29, 1.82) is 5.26 Å². The molecule has 1 N–H and O–H groups in total. The van der Waals surface area contributed by atoms with Gasteiger partial charge in [-0.3, -0.25) is 10.1 Å². The first kappa shape index (κ1) is 13.8. The minimum Gasteiger partial charge on any atom is -0.374 e. The zero-order valence-corrected chi connectivity index (χ0v) is 11.9. The van der Waals surface area contributed by atoms with Crippen LogP contribution in [0, 0.1) is 21.4 Å². The lowest BCUT2D eigenvalue weighted by Gasteiger charge is -2.14. The van der Waals surface area contributed by atoms with E-state index in [1.54, 1.807) is 0 Å². The third-order valence-corrected chi connectivity index (χ3v) is 3.70. The topological polar surface area (TPSA) is 95.1 Å². The minimum atomic E-state index is -0.590. The highest BCUT2D eigenvalue weighted by Crippen LogP contribution is 2.33. The molecule has 22 heavy (non-hydrogen) atoms. The quantitative estimate of drug-likeness (QED) is 0.690. The Labute approximate surface area is 127 Å². The van der Waals surface area contributed by atoms with Crippen LogP contribution in [0.4, 0.5) is 22.9 Å². The molecule has 0 saturated carbocycles. The van der Waals surface area contributed by atoms with E-state index in [0.29, 0.717) is 5.69 Å². The van der Waals surface area contributed by atoms with E-state index >= 15 is 0 Å². The third kappa shape index (κ3) is 2.31. The molecule has 0 bridgehead atoms. The van der Waals surface area contributed by atoms with Crippen molar-refractivity contribution in [3.8, 4) is 6.07 Å². The Morgan fingerprint density at radius 1 is 1.45 bits per heavy atom. The van der Waals surface area contributed by atoms with Crippen LogP contribution in [0.15, 0.2) is 30.5 Å². The predicted molar refractivity (Wildman–Crippen MR) is 82.3 cm³/mol. The first-order valence-corrected chi connectivity index (χ1v) is 6.74. The number of anilines is 3. The van der Waals surface area contributed by atoms with Gasteiger partial charge in [-0.2, -0.15) is 5.26 Å². The molecule has 1 aliphatic heterocycles. The number of hydrogen-bond acceptors (Lipinski definition) is 6. The predicted octanol–water partition coefficient (Wildman–Crippen LogP) is 2.60. The summed E-state index contributed by atoms with van der Waals surface area (Å²) in [6.45, 7) is 0.959. The summed E-state index contributed by atoms with van der Waals surface area (Å²) in [5.74, 6) is 0.0738. The molecule has 2 heterocycles. The molecule has 0 unspecified atom stereocenters. The Hall–Kier alpha value is -3.14. The number of nitriles is 1. The van der Waals surface area contributed by atoms with Gasteiger partial charge in [-0.05, 0) is 30.2 Å². The highest BCUT2D eigenvalue weighted by molar-refractivity contribution is 5.73. The second-order valence-electron chi connectivity index (χ2n) is 5.06. The first-order valence-electron chi connectivity index (χ1n) is 6.74. The van der Waals surface area contributed by atoms with Gasteiger partial charge in [-0.1, -0.05) is 6.07 Å². The van der Waals surface area contributed by atoms with Crippen molar-refractivity contribution in [2.24, 2.45) is 0 Å². The summed E-state index contributed by atoms with van der Waals surface area (Å²) in [6, 6.07) is 8.96. The molecule has 0 spiro atoms. The molecule has 0 amide bonds. The number of benzene rings is 1. The van der Waals surface area contributed by atoms with Gasteiger partial charge in [0.2, 0.25) is 5.82 Å². The second-order valence-corrected chi connectivity index (χ2v) is 5.06. The van der Waals surface area contributed by atoms with Crippen molar-refractivity contribution >= 4 is 22.9 Å². The lowest BCUT2D eigenvalue weighted by Crippen LogP contribution is -2.12. The summed E-state index contributed by atoms with van der Waals surface area (Å²) in [6.07, 6.45) is 2.38. The van der Waals surface area contributed by atoms with Gasteiger partial charge in [0.05, 0.1) is 4.92 Å². The summed E-state index contributed by atoms with van der Waals surface area (Å²) in [5, 5.41) is 23.1. The summed E-state index contributed by atoms with van der Waals surface area (Å²) in [7, 11) is 2.01. The Morgan fingerprint density at radius 3 is 3.00 bits per heavy atom. The Morgan fingerprint density at radius 2 is 2.27 bits per heavy atom. The monoisotopic (exact) mass is 295 g/mol. The molecule has 0 saturated heterocycles. The van der Waals surface area contributed by atoms with Crippen LogP contribution in [0.2, 0.25) is 0 Å². The first-order chi connectivity index (χ1) is 10.6. The maximum absolute atomic E-state index is 11.2. The highest BCUT2D eigenvalue weighted by atomic mass is 16.6. The van der Waals surface area contributed by atoms with Crippen LogP contribution in [0.3, 0.4) is 0 Å². The molecule has 2 aromatic rings. The number of aromatic nitrogens is 1. The average Bonchev–Trinajstić information content (AvgIpc) is 2.88. The van der Waals surface area contributed by atoms with Crippen LogP contribution in [0.1, 0.15) is 11.1 Å². The summed E-state index contributed by atoms with van der Waals surface area (Å²) in [5.41, 5.74) is 2.74. The standard InChI is InChI=1S/C15H13N5O2/c1-19-7-5-10-2-3-12(8-13(10)19)18-15-14(20(21)22)11(9-16)4-6-17-15/h2-4,6,8H,5,7H2,1H3,(H,17,18). The van der Waals surface area contributed by atoms with Gasteiger partial charge in [-0.15, -0.1) is 0 Å². The molecule has 1 aliphatic rings. The lowest BCUT2D eigenvalue weighted by atomic mass is 10.1. The van der Waals surface area contributed by atoms with Crippen LogP contribution >= 0.6 is 0 Å². The van der Waals surface area contributed by atoms with Gasteiger partial charge >= 0.3 is 5.69 Å². The van der Waals surface area contributed by atoms with Crippen LogP contribution < -0.4 is 10.2 Å². The zero-order valence-electron chi connectivity index (χ0n) is 11.9. The Balaban J connectivity index is 1.99. The molecule has 7 nitrogen and oxygen atoms in total. The number of likely N-dealkylation sites (N-methyl/N-ethyl adjacent to an activating group) is 1. The van der Waals surface area contributed by atoms with Gasteiger partial charge in [0.25, 0.3) is 0 Å². The fourth-order valence-electron chi connectivity index (χ4n) is 2.57. The van der Waals surface area contributed by atoms with E-state index in [2.05, 4.69) is 15.2 Å². The fourth-order valence-corrected chi connectivity index (χ4v) is 2.57. The van der Waals surface area contributed by atoms with Crippen LogP contribution in [-0.2, 0) is 6.42 Å². The molecule has 1 aromatic heterocycles. The number of nitrogens with zero attached hydrogens (tertiary/aromatic N) is 4. The van der Waals surface area contributed by atoms with Gasteiger partial charge in [0, 0.05) is 31.2 Å². The Kier molecular flexibility index (Phi) is 3.35. The largest absolute Gasteiger partial charge is 0.374 e. The van der Waals surface area contributed by atoms with E-state index in [9.17, 15) is 10.1 Å². The van der Waals surface area contributed by atoms with Crippen molar-refractivity contribution in [3.05, 3.63) is 51.7 Å². The molecule has 0 radical (unpaired) electrons. The van der Waals surface area contributed by atoms with E-state index in [1.165, 1.54) is 17.8 Å². The van der Waals surface area contributed by atoms with Gasteiger partial charge in [0.1, 0.15) is 11.6 Å². The summed E-state index contributed by atoms with van der Waals surface area (Å²) >= 11 is 0. The van der Waals surface area contributed by atoms with Crippen LogP contribution in [0.5, 0.6) is 0 Å².